The number of nitrogens with zero attached hydrogens (tertiary/aromatic N) is 2. The van der Waals surface area contributed by atoms with Gasteiger partial charge < -0.3 is 16.0 Å². The lowest BCUT2D eigenvalue weighted by Crippen LogP contribution is -2.43. The lowest BCUT2D eigenvalue weighted by molar-refractivity contribution is 0.206. The summed E-state index contributed by atoms with van der Waals surface area (Å²) in [6.45, 7) is 4.60. The summed E-state index contributed by atoms with van der Waals surface area (Å²) < 4.78 is 0. The highest BCUT2D eigenvalue weighted by atomic mass is 15.1. The Balaban J connectivity index is 1.99. The number of likely N-dealkylation sites (tertiary alicyclic amines) is 1. The van der Waals surface area contributed by atoms with Crippen molar-refractivity contribution >= 4 is 11.5 Å². The summed E-state index contributed by atoms with van der Waals surface area (Å²) in [5.41, 5.74) is 6.74. The van der Waals surface area contributed by atoms with Crippen LogP contribution in [0.3, 0.4) is 0 Å². The Hall–Kier alpha value is -1.29. The quantitative estimate of drug-likeness (QED) is 0.791. The molecule has 3 N–H and O–H groups in total. The number of nitrogens with one attached hydrogen (secondary N) is 1. The Morgan fingerprint density at radius 2 is 2.38 bits per heavy atom. The Morgan fingerprint density at radius 1 is 1.56 bits per heavy atom. The van der Waals surface area contributed by atoms with Gasteiger partial charge in [-0.3, -0.25) is 0 Å². The van der Waals surface area contributed by atoms with Crippen LogP contribution < -0.4 is 11.1 Å². The van der Waals surface area contributed by atoms with Crippen LogP contribution in [-0.2, 0) is 0 Å². The van der Waals surface area contributed by atoms with E-state index in [0.29, 0.717) is 17.8 Å². The third-order valence-corrected chi connectivity index (χ3v) is 3.24. The first kappa shape index (κ1) is 11.2. The summed E-state index contributed by atoms with van der Waals surface area (Å²) in [5, 5.41) is 3.55. The van der Waals surface area contributed by atoms with Gasteiger partial charge in [-0.05, 0) is 32.0 Å². The van der Waals surface area contributed by atoms with E-state index in [2.05, 4.69) is 29.2 Å². The molecule has 0 saturated carbocycles. The normalized spacial score (nSPS) is 26.6. The highest BCUT2D eigenvalue weighted by molar-refractivity contribution is 5.50. The highest BCUT2D eigenvalue weighted by Gasteiger charge is 2.23. The van der Waals surface area contributed by atoms with E-state index < -0.39 is 0 Å². The van der Waals surface area contributed by atoms with Crippen LogP contribution in [0.25, 0.3) is 0 Å². The van der Waals surface area contributed by atoms with Gasteiger partial charge >= 0.3 is 0 Å². The molecule has 1 saturated heterocycles. The van der Waals surface area contributed by atoms with E-state index in [0.717, 1.165) is 18.8 Å². The molecule has 1 aromatic heterocycles. The molecule has 2 unspecified atom stereocenters. The van der Waals surface area contributed by atoms with Gasteiger partial charge in [-0.15, -0.1) is 0 Å². The molecule has 4 nitrogen and oxygen atoms in total. The van der Waals surface area contributed by atoms with Crippen LogP contribution in [0.1, 0.15) is 13.3 Å². The number of aromatic nitrogens is 1. The van der Waals surface area contributed by atoms with Gasteiger partial charge in [0.25, 0.3) is 0 Å². The SMILES string of the molecule is CC1CN(C)CCC1Nc1ccnc(N)c1. The van der Waals surface area contributed by atoms with Crippen LogP contribution in [-0.4, -0.2) is 36.1 Å². The average molecular weight is 220 g/mol. The van der Waals surface area contributed by atoms with E-state index in [1.807, 2.05) is 12.1 Å². The van der Waals surface area contributed by atoms with Crippen molar-refractivity contribution in [2.45, 2.75) is 19.4 Å². The number of hydrogen-bond acceptors (Lipinski definition) is 4. The van der Waals surface area contributed by atoms with E-state index in [-0.39, 0.29) is 0 Å². The zero-order chi connectivity index (χ0) is 11.5. The fourth-order valence-electron chi connectivity index (χ4n) is 2.32. The molecule has 0 aromatic carbocycles. The second-order valence-electron chi connectivity index (χ2n) is 4.75. The molecule has 1 aliphatic rings. The van der Waals surface area contributed by atoms with E-state index in [9.17, 15) is 0 Å². The van der Waals surface area contributed by atoms with Gasteiger partial charge in [0.05, 0.1) is 0 Å². The molecule has 0 radical (unpaired) electrons. The molecule has 4 heteroatoms. The molecule has 88 valence electrons. The van der Waals surface area contributed by atoms with E-state index in [1.54, 1.807) is 6.20 Å². The number of nitrogen functional groups attached to an aromatic ring is 1. The third kappa shape index (κ3) is 2.64. The molecule has 0 bridgehead atoms. The third-order valence-electron chi connectivity index (χ3n) is 3.24. The Kier molecular flexibility index (Phi) is 3.29. The number of rotatable bonds is 2. The van der Waals surface area contributed by atoms with E-state index >= 15 is 0 Å². The van der Waals surface area contributed by atoms with E-state index in [4.69, 9.17) is 5.73 Å². The maximum absolute atomic E-state index is 5.66. The minimum absolute atomic E-state index is 0.540. The first-order valence-electron chi connectivity index (χ1n) is 5.82. The predicted octanol–water partition coefficient (Wildman–Crippen LogP) is 1.42. The topological polar surface area (TPSA) is 54.2 Å². The van der Waals surface area contributed by atoms with Crippen molar-refractivity contribution in [3.8, 4) is 0 Å². The first-order chi connectivity index (χ1) is 7.65. The van der Waals surface area contributed by atoms with Gasteiger partial charge in [0.15, 0.2) is 0 Å². The minimum Gasteiger partial charge on any atom is -0.384 e. The van der Waals surface area contributed by atoms with Crippen molar-refractivity contribution in [3.63, 3.8) is 0 Å². The maximum Gasteiger partial charge on any atom is 0.125 e. The molecule has 2 heterocycles. The zero-order valence-corrected chi connectivity index (χ0v) is 9.98. The largest absolute Gasteiger partial charge is 0.384 e. The second kappa shape index (κ2) is 4.70. The fourth-order valence-corrected chi connectivity index (χ4v) is 2.32. The molecule has 2 atom stereocenters. The molecule has 1 aromatic rings. The van der Waals surface area contributed by atoms with Crippen LogP contribution in [0.4, 0.5) is 11.5 Å². The molecule has 0 spiro atoms. The molecule has 2 rings (SSSR count). The molecule has 16 heavy (non-hydrogen) atoms. The maximum atomic E-state index is 5.66. The lowest BCUT2D eigenvalue weighted by atomic mass is 9.94. The van der Waals surface area contributed by atoms with Crippen molar-refractivity contribution in [3.05, 3.63) is 18.3 Å². The van der Waals surface area contributed by atoms with Gasteiger partial charge in [-0.2, -0.15) is 0 Å². The van der Waals surface area contributed by atoms with Gasteiger partial charge in [0.2, 0.25) is 0 Å². The minimum atomic E-state index is 0.540. The monoisotopic (exact) mass is 220 g/mol. The van der Waals surface area contributed by atoms with Crippen LogP contribution in [0.5, 0.6) is 0 Å². The van der Waals surface area contributed by atoms with Crippen molar-refractivity contribution < 1.29 is 0 Å². The predicted molar refractivity (Wildman–Crippen MR) is 67.3 cm³/mol. The van der Waals surface area contributed by atoms with Crippen LogP contribution >= 0.6 is 0 Å². The molecule has 0 amide bonds. The average Bonchev–Trinajstić information content (AvgIpc) is 2.22. The van der Waals surface area contributed by atoms with Gasteiger partial charge in [0.1, 0.15) is 5.82 Å². The fraction of sp³-hybridized carbons (Fsp3) is 0.583. The molecule has 1 fully saturated rings. The zero-order valence-electron chi connectivity index (χ0n) is 9.98. The van der Waals surface area contributed by atoms with E-state index in [1.165, 1.54) is 6.42 Å². The highest BCUT2D eigenvalue weighted by Crippen LogP contribution is 2.20. The number of pyridine rings is 1. The standard InChI is InChI=1S/C12H20N4/c1-9-8-16(2)6-4-11(9)15-10-3-5-14-12(13)7-10/h3,5,7,9,11H,4,6,8H2,1-2H3,(H3,13,14,15). The van der Waals surface area contributed by atoms with Gasteiger partial charge in [-0.1, -0.05) is 6.92 Å². The number of hydrogen-bond donors (Lipinski definition) is 2. The van der Waals surface area contributed by atoms with Crippen LogP contribution in [0, 0.1) is 5.92 Å². The number of nitrogens with two attached hydrogens (primary N) is 1. The second-order valence-corrected chi connectivity index (χ2v) is 4.75. The molecule has 0 aliphatic carbocycles. The number of anilines is 2. The van der Waals surface area contributed by atoms with Crippen LogP contribution in [0.2, 0.25) is 0 Å². The Labute approximate surface area is 96.8 Å². The smallest absolute Gasteiger partial charge is 0.125 e. The molecular weight excluding hydrogens is 200 g/mol. The summed E-state index contributed by atoms with van der Waals surface area (Å²) in [5.74, 6) is 1.23. The van der Waals surface area contributed by atoms with Gasteiger partial charge in [0, 0.05) is 30.5 Å². The van der Waals surface area contributed by atoms with Crippen molar-refractivity contribution in [2.24, 2.45) is 5.92 Å². The summed E-state index contributed by atoms with van der Waals surface area (Å²) in [6, 6.07) is 4.41. The molecular formula is C12H20N4. The lowest BCUT2D eigenvalue weighted by Gasteiger charge is -2.35. The Morgan fingerprint density at radius 3 is 3.06 bits per heavy atom. The first-order valence-corrected chi connectivity index (χ1v) is 5.82. The van der Waals surface area contributed by atoms with Crippen molar-refractivity contribution in [1.82, 2.24) is 9.88 Å². The molecule has 1 aliphatic heterocycles. The van der Waals surface area contributed by atoms with Crippen molar-refractivity contribution in [2.75, 3.05) is 31.2 Å². The number of piperidine rings is 1. The summed E-state index contributed by atoms with van der Waals surface area (Å²) in [4.78, 5) is 6.37. The Bertz CT molecular complexity index is 353. The summed E-state index contributed by atoms with van der Waals surface area (Å²) >= 11 is 0. The van der Waals surface area contributed by atoms with Crippen LogP contribution in [0.15, 0.2) is 18.3 Å². The summed E-state index contributed by atoms with van der Waals surface area (Å²) in [6.07, 6.45) is 2.93. The van der Waals surface area contributed by atoms with Gasteiger partial charge in [-0.25, -0.2) is 4.98 Å². The van der Waals surface area contributed by atoms with Crippen molar-refractivity contribution in [1.29, 1.82) is 0 Å². The summed E-state index contributed by atoms with van der Waals surface area (Å²) in [7, 11) is 2.18.